The molecule has 0 spiro atoms. The van der Waals surface area contributed by atoms with E-state index in [1.807, 2.05) is 4.90 Å². The summed E-state index contributed by atoms with van der Waals surface area (Å²) in [6, 6.07) is -0.0312. The number of aliphatic hydroxyl groups excluding tert-OH is 2. The Bertz CT molecular complexity index is 205. The van der Waals surface area contributed by atoms with Gasteiger partial charge in [0.1, 0.15) is 0 Å². The van der Waals surface area contributed by atoms with Gasteiger partial charge in [0.15, 0.2) is 0 Å². The van der Waals surface area contributed by atoms with E-state index in [1.165, 1.54) is 0 Å². The molecule has 1 heterocycles. The molecule has 6 heteroatoms. The fourth-order valence-electron chi connectivity index (χ4n) is 1.71. The van der Waals surface area contributed by atoms with E-state index in [2.05, 4.69) is 10.0 Å². The van der Waals surface area contributed by atoms with Gasteiger partial charge in [-0.2, -0.15) is 0 Å². The van der Waals surface area contributed by atoms with E-state index in [9.17, 15) is 0 Å². The Hall–Kier alpha value is -0.810. The van der Waals surface area contributed by atoms with Crippen LogP contribution in [0.25, 0.3) is 10.4 Å². The van der Waals surface area contributed by atoms with E-state index in [0.29, 0.717) is 19.5 Å². The fourth-order valence-corrected chi connectivity index (χ4v) is 1.71. The molecule has 0 unspecified atom stereocenters. The molecule has 1 saturated heterocycles. The van der Waals surface area contributed by atoms with Gasteiger partial charge in [-0.25, -0.2) is 0 Å². The van der Waals surface area contributed by atoms with Crippen LogP contribution in [0.15, 0.2) is 5.11 Å². The molecule has 0 aromatic heterocycles. The lowest BCUT2D eigenvalue weighted by Crippen LogP contribution is -2.34. The molecule has 1 fully saturated rings. The molecule has 1 aliphatic heterocycles. The highest BCUT2D eigenvalue weighted by Gasteiger charge is 2.30. The average molecular weight is 186 g/mol. The number of likely N-dealkylation sites (tertiary alicyclic amines) is 1. The van der Waals surface area contributed by atoms with E-state index >= 15 is 0 Å². The maximum Gasteiger partial charge on any atom is 0.0586 e. The first-order chi connectivity index (χ1) is 6.31. The summed E-state index contributed by atoms with van der Waals surface area (Å²) < 4.78 is 0. The third-order valence-electron chi connectivity index (χ3n) is 2.32. The SMILES string of the molecule is [N-]=[N+]=N[C@@H]1C[C@H](CO)N(CCO)C1. The molecule has 13 heavy (non-hydrogen) atoms. The fraction of sp³-hybridized carbons (Fsp3) is 1.00. The van der Waals surface area contributed by atoms with E-state index in [4.69, 9.17) is 15.7 Å². The monoisotopic (exact) mass is 186 g/mol. The van der Waals surface area contributed by atoms with Crippen LogP contribution in [-0.4, -0.2) is 53.5 Å². The van der Waals surface area contributed by atoms with Crippen molar-refractivity contribution in [1.82, 2.24) is 4.90 Å². The first-order valence-corrected chi connectivity index (χ1v) is 4.31. The zero-order chi connectivity index (χ0) is 9.68. The van der Waals surface area contributed by atoms with Gasteiger partial charge in [-0.15, -0.1) is 0 Å². The summed E-state index contributed by atoms with van der Waals surface area (Å²) in [6.07, 6.45) is 0.681. The minimum atomic E-state index is -0.0614. The van der Waals surface area contributed by atoms with Crippen molar-refractivity contribution < 1.29 is 10.2 Å². The van der Waals surface area contributed by atoms with Crippen molar-refractivity contribution in [3.8, 4) is 0 Å². The lowest BCUT2D eigenvalue weighted by molar-refractivity contribution is 0.134. The number of hydrogen-bond acceptors (Lipinski definition) is 4. The molecule has 2 atom stereocenters. The Labute approximate surface area is 76.4 Å². The summed E-state index contributed by atoms with van der Waals surface area (Å²) in [5.74, 6) is 0. The Morgan fingerprint density at radius 1 is 1.54 bits per heavy atom. The molecule has 1 aliphatic rings. The number of hydrogen-bond donors (Lipinski definition) is 2. The molecule has 1 rings (SSSR count). The quantitative estimate of drug-likeness (QED) is 0.359. The smallest absolute Gasteiger partial charge is 0.0586 e. The van der Waals surface area contributed by atoms with Crippen molar-refractivity contribution in [2.75, 3.05) is 26.3 Å². The van der Waals surface area contributed by atoms with Crippen LogP contribution in [-0.2, 0) is 0 Å². The molecular weight excluding hydrogens is 172 g/mol. The highest BCUT2D eigenvalue weighted by Crippen LogP contribution is 2.19. The van der Waals surface area contributed by atoms with Crippen LogP contribution in [0.3, 0.4) is 0 Å². The second kappa shape index (κ2) is 5.04. The van der Waals surface area contributed by atoms with Crippen molar-refractivity contribution >= 4 is 0 Å². The summed E-state index contributed by atoms with van der Waals surface area (Å²) in [4.78, 5) is 4.68. The standard InChI is InChI=1S/C7H14N4O2/c8-10-9-6-3-7(5-13)11(4-6)1-2-12/h6-7,12-13H,1-5H2/t6-,7-/m1/s1. The molecule has 74 valence electrons. The predicted molar refractivity (Wildman–Crippen MR) is 47.1 cm³/mol. The third-order valence-corrected chi connectivity index (χ3v) is 2.32. The number of β-amino-alcohol motifs (C(OH)–C–C–N with tert-alkyl or cyclic N) is 1. The normalized spacial score (nSPS) is 28.8. The maximum absolute atomic E-state index is 8.99. The Kier molecular flexibility index (Phi) is 3.98. The average Bonchev–Trinajstić information content (AvgIpc) is 2.49. The number of aliphatic hydroxyl groups is 2. The summed E-state index contributed by atoms with van der Waals surface area (Å²) in [7, 11) is 0. The number of azide groups is 1. The minimum absolute atomic E-state index is 0.0302. The zero-order valence-corrected chi connectivity index (χ0v) is 7.37. The van der Waals surface area contributed by atoms with Crippen molar-refractivity contribution in [3.63, 3.8) is 0 Å². The summed E-state index contributed by atoms with van der Waals surface area (Å²) >= 11 is 0. The molecule has 0 aromatic rings. The molecule has 0 saturated carbocycles. The van der Waals surface area contributed by atoms with Gasteiger partial charge in [-0.3, -0.25) is 4.90 Å². The molecule has 0 aliphatic carbocycles. The van der Waals surface area contributed by atoms with E-state index in [0.717, 1.165) is 0 Å². The first-order valence-electron chi connectivity index (χ1n) is 4.31. The number of nitrogens with zero attached hydrogens (tertiary/aromatic N) is 4. The molecule has 0 aromatic carbocycles. The van der Waals surface area contributed by atoms with Crippen LogP contribution in [0.1, 0.15) is 6.42 Å². The van der Waals surface area contributed by atoms with Crippen LogP contribution in [0.4, 0.5) is 0 Å². The molecule has 0 amide bonds. The van der Waals surface area contributed by atoms with Gasteiger partial charge < -0.3 is 10.2 Å². The van der Waals surface area contributed by atoms with E-state index in [-0.39, 0.29) is 25.3 Å². The Morgan fingerprint density at radius 3 is 2.85 bits per heavy atom. The minimum Gasteiger partial charge on any atom is -0.395 e. The topological polar surface area (TPSA) is 92.5 Å². The van der Waals surface area contributed by atoms with Gasteiger partial charge in [0, 0.05) is 24.0 Å². The highest BCUT2D eigenvalue weighted by atomic mass is 16.3. The van der Waals surface area contributed by atoms with Crippen molar-refractivity contribution in [3.05, 3.63) is 10.4 Å². The first kappa shape index (κ1) is 10.3. The second-order valence-electron chi connectivity index (χ2n) is 3.15. The lowest BCUT2D eigenvalue weighted by Gasteiger charge is -2.20. The van der Waals surface area contributed by atoms with Crippen LogP contribution in [0.2, 0.25) is 0 Å². The Morgan fingerprint density at radius 2 is 2.31 bits per heavy atom. The molecule has 0 radical (unpaired) electrons. The molecule has 2 N–H and O–H groups in total. The Balaban J connectivity index is 2.50. The highest BCUT2D eigenvalue weighted by molar-refractivity contribution is 4.88. The summed E-state index contributed by atoms with van der Waals surface area (Å²) in [6.45, 7) is 1.29. The zero-order valence-electron chi connectivity index (χ0n) is 7.37. The van der Waals surface area contributed by atoms with Gasteiger partial charge in [-0.05, 0) is 12.0 Å². The molecule has 6 nitrogen and oxygen atoms in total. The second-order valence-corrected chi connectivity index (χ2v) is 3.15. The maximum atomic E-state index is 8.99. The van der Waals surface area contributed by atoms with Gasteiger partial charge >= 0.3 is 0 Å². The van der Waals surface area contributed by atoms with Crippen molar-refractivity contribution in [2.24, 2.45) is 5.11 Å². The van der Waals surface area contributed by atoms with Crippen LogP contribution in [0, 0.1) is 0 Å². The van der Waals surface area contributed by atoms with Gasteiger partial charge in [-0.1, -0.05) is 5.11 Å². The van der Waals surface area contributed by atoms with Crippen molar-refractivity contribution in [1.29, 1.82) is 0 Å². The van der Waals surface area contributed by atoms with Crippen molar-refractivity contribution in [2.45, 2.75) is 18.5 Å². The van der Waals surface area contributed by atoms with Gasteiger partial charge in [0.25, 0.3) is 0 Å². The molecular formula is C7H14N4O2. The van der Waals surface area contributed by atoms with Gasteiger partial charge in [0.2, 0.25) is 0 Å². The molecule has 0 bridgehead atoms. The van der Waals surface area contributed by atoms with Crippen LogP contribution in [0.5, 0.6) is 0 Å². The lowest BCUT2D eigenvalue weighted by atomic mass is 10.2. The third kappa shape index (κ3) is 2.57. The predicted octanol–water partition coefficient (Wildman–Crippen LogP) is -0.276. The van der Waals surface area contributed by atoms with Gasteiger partial charge in [0.05, 0.1) is 19.3 Å². The van der Waals surface area contributed by atoms with Crippen LogP contribution < -0.4 is 0 Å². The largest absolute Gasteiger partial charge is 0.395 e. The number of rotatable bonds is 4. The summed E-state index contributed by atoms with van der Waals surface area (Å²) in [5.41, 5.74) is 8.23. The van der Waals surface area contributed by atoms with E-state index in [1.54, 1.807) is 0 Å². The van der Waals surface area contributed by atoms with Crippen LogP contribution >= 0.6 is 0 Å². The van der Waals surface area contributed by atoms with E-state index < -0.39 is 0 Å². The summed E-state index contributed by atoms with van der Waals surface area (Å²) in [5, 5.41) is 21.3.